The van der Waals surface area contributed by atoms with Crippen molar-refractivity contribution in [2.24, 2.45) is 0 Å². The van der Waals surface area contributed by atoms with E-state index in [0.29, 0.717) is 0 Å². The molecule has 184 valence electrons. The minimum Gasteiger partial charge on any atom is -0.308 e. The summed E-state index contributed by atoms with van der Waals surface area (Å²) in [5.74, 6) is 0. The monoisotopic (exact) mass is 476 g/mol. The molecule has 0 saturated carbocycles. The van der Waals surface area contributed by atoms with Crippen LogP contribution in [0.3, 0.4) is 0 Å². The summed E-state index contributed by atoms with van der Waals surface area (Å²) in [6, 6.07) is 19.3. The fourth-order valence-electron chi connectivity index (χ4n) is 6.79. The van der Waals surface area contributed by atoms with Gasteiger partial charge >= 0.3 is 0 Å². The summed E-state index contributed by atoms with van der Waals surface area (Å²) in [4.78, 5) is 9.77. The van der Waals surface area contributed by atoms with Crippen LogP contribution < -0.4 is 0 Å². The molecule has 5 aromatic rings. The molecular weight excluding hydrogens is 440 g/mol. The van der Waals surface area contributed by atoms with E-state index in [1.165, 1.54) is 65.3 Å². The van der Waals surface area contributed by atoms with Gasteiger partial charge in [0.05, 0.1) is 0 Å². The van der Waals surface area contributed by atoms with Crippen LogP contribution in [0.1, 0.15) is 22.3 Å². The largest absolute Gasteiger partial charge is 0.308 e. The normalized spacial score (nSPS) is 16.6. The molecule has 0 unspecified atom stereocenters. The highest BCUT2D eigenvalue weighted by Gasteiger charge is 2.25. The lowest BCUT2D eigenvalue weighted by Gasteiger charge is -2.32. The van der Waals surface area contributed by atoms with E-state index in [2.05, 4.69) is 96.3 Å². The van der Waals surface area contributed by atoms with Gasteiger partial charge in [0.25, 0.3) is 0 Å². The van der Waals surface area contributed by atoms with Gasteiger partial charge in [-0.15, -0.1) is 0 Å². The molecule has 0 amide bonds. The van der Waals surface area contributed by atoms with Crippen molar-refractivity contribution in [1.82, 2.24) is 19.6 Å². The predicted molar refractivity (Wildman–Crippen MR) is 153 cm³/mol. The summed E-state index contributed by atoms with van der Waals surface area (Å²) >= 11 is 0. The van der Waals surface area contributed by atoms with Crippen LogP contribution in [0.25, 0.3) is 43.1 Å². The maximum absolute atomic E-state index is 2.60. The molecule has 0 bridgehead atoms. The highest BCUT2D eigenvalue weighted by molar-refractivity contribution is 6.34. The third-order valence-electron chi connectivity index (χ3n) is 8.55. The second kappa shape index (κ2) is 8.39. The Morgan fingerprint density at radius 1 is 0.472 bits per heavy atom. The van der Waals surface area contributed by atoms with Gasteiger partial charge in [-0.25, -0.2) is 0 Å². The lowest BCUT2D eigenvalue weighted by atomic mass is 9.83. The van der Waals surface area contributed by atoms with Crippen molar-refractivity contribution >= 4 is 43.1 Å². The van der Waals surface area contributed by atoms with Gasteiger partial charge in [0.15, 0.2) is 0 Å². The van der Waals surface area contributed by atoms with Crippen LogP contribution in [0.5, 0.6) is 0 Å². The fraction of sp³-hybridized carbons (Fsp3) is 0.375. The van der Waals surface area contributed by atoms with Gasteiger partial charge in [-0.05, 0) is 93.5 Å². The average Bonchev–Trinajstić information content (AvgIpc) is 2.87. The second-order valence-corrected chi connectivity index (χ2v) is 11.6. The lowest BCUT2D eigenvalue weighted by Crippen LogP contribution is -2.33. The Bertz CT molecular complexity index is 1390. The zero-order valence-electron chi connectivity index (χ0n) is 22.1. The molecule has 2 aliphatic rings. The number of hydrogen-bond acceptors (Lipinski definition) is 4. The summed E-state index contributed by atoms with van der Waals surface area (Å²) < 4.78 is 0. The smallest absolute Gasteiger partial charge is 0.0244 e. The summed E-state index contributed by atoms with van der Waals surface area (Å²) in [6.45, 7) is 8.60. The summed E-state index contributed by atoms with van der Waals surface area (Å²) in [5, 5.41) is 11.7. The van der Waals surface area contributed by atoms with Crippen LogP contribution in [0.4, 0.5) is 0 Å². The molecule has 4 nitrogen and oxygen atoms in total. The van der Waals surface area contributed by atoms with Crippen molar-refractivity contribution in [2.45, 2.75) is 26.2 Å². The Hall–Kier alpha value is -2.76. The number of fused-ring (bicyclic) bond motifs is 2. The third-order valence-corrected chi connectivity index (χ3v) is 8.55. The Balaban J connectivity index is 1.40. The second-order valence-electron chi connectivity index (χ2n) is 11.6. The summed E-state index contributed by atoms with van der Waals surface area (Å²) in [6.07, 6.45) is 0. The van der Waals surface area contributed by atoms with E-state index < -0.39 is 0 Å². The van der Waals surface area contributed by atoms with Gasteiger partial charge in [0.1, 0.15) is 0 Å². The van der Waals surface area contributed by atoms with E-state index in [1.807, 2.05) is 0 Å². The molecule has 0 spiro atoms. The molecule has 0 saturated heterocycles. The SMILES string of the molecule is CN(C)CCN1Cc2ccc3c4ccc5c6c(ccc(c7ccc(c2c37)C1)c64)CN(CCN(C)C)C5. The van der Waals surface area contributed by atoms with Gasteiger partial charge in [0.2, 0.25) is 0 Å². The fourth-order valence-corrected chi connectivity index (χ4v) is 6.79. The van der Waals surface area contributed by atoms with E-state index in [9.17, 15) is 0 Å². The molecule has 0 radical (unpaired) electrons. The van der Waals surface area contributed by atoms with E-state index in [1.54, 1.807) is 0 Å². The first-order valence-corrected chi connectivity index (χ1v) is 13.4. The highest BCUT2D eigenvalue weighted by Crippen LogP contribution is 2.46. The predicted octanol–water partition coefficient (Wildman–Crippen LogP) is 5.49. The van der Waals surface area contributed by atoms with Crippen molar-refractivity contribution in [3.05, 3.63) is 70.8 Å². The molecule has 7 rings (SSSR count). The molecule has 0 N–H and O–H groups in total. The van der Waals surface area contributed by atoms with Gasteiger partial charge in [-0.1, -0.05) is 48.5 Å². The van der Waals surface area contributed by atoms with Crippen LogP contribution in [0, 0.1) is 0 Å². The standard InChI is InChI=1S/C32H36N4/c1-33(2)13-15-35-17-21-5-9-25-27-11-7-23-19-36(16-14-34(3)4)20-24-8-12-28(32(27)30(23)24)26-10-6-22(18-35)29(21)31(25)26/h5-12H,13-20H2,1-4H3. The highest BCUT2D eigenvalue weighted by atomic mass is 15.2. The maximum Gasteiger partial charge on any atom is 0.0244 e. The summed E-state index contributed by atoms with van der Waals surface area (Å²) in [7, 11) is 8.66. The van der Waals surface area contributed by atoms with Crippen molar-refractivity contribution in [3.8, 4) is 0 Å². The van der Waals surface area contributed by atoms with E-state index in [4.69, 9.17) is 0 Å². The molecular formula is C32H36N4. The van der Waals surface area contributed by atoms with Gasteiger partial charge in [0, 0.05) is 52.4 Å². The Kier molecular flexibility index (Phi) is 5.23. The Labute approximate surface area is 214 Å². The van der Waals surface area contributed by atoms with Crippen LogP contribution in [-0.2, 0) is 26.2 Å². The van der Waals surface area contributed by atoms with Crippen LogP contribution in [0.15, 0.2) is 48.5 Å². The first kappa shape index (κ1) is 22.4. The first-order chi connectivity index (χ1) is 17.5. The number of likely N-dealkylation sites (N-methyl/N-ethyl adjacent to an activating group) is 2. The molecule has 0 fully saturated rings. The molecule has 0 aliphatic carbocycles. The van der Waals surface area contributed by atoms with Crippen molar-refractivity contribution in [2.75, 3.05) is 54.4 Å². The minimum atomic E-state index is 1.05. The molecule has 0 aromatic heterocycles. The number of nitrogens with zero attached hydrogens (tertiary/aromatic N) is 4. The maximum atomic E-state index is 2.60. The zero-order chi connectivity index (χ0) is 24.6. The number of rotatable bonds is 6. The van der Waals surface area contributed by atoms with Crippen molar-refractivity contribution in [3.63, 3.8) is 0 Å². The zero-order valence-corrected chi connectivity index (χ0v) is 22.1. The van der Waals surface area contributed by atoms with Crippen molar-refractivity contribution in [1.29, 1.82) is 0 Å². The van der Waals surface area contributed by atoms with Gasteiger partial charge < -0.3 is 9.80 Å². The van der Waals surface area contributed by atoms with E-state index in [-0.39, 0.29) is 0 Å². The topological polar surface area (TPSA) is 13.0 Å². The minimum absolute atomic E-state index is 1.05. The quantitative estimate of drug-likeness (QED) is 0.237. The lowest BCUT2D eigenvalue weighted by molar-refractivity contribution is 0.223. The Morgan fingerprint density at radius 3 is 1.06 bits per heavy atom. The molecule has 4 heteroatoms. The van der Waals surface area contributed by atoms with Crippen LogP contribution in [-0.4, -0.2) is 74.0 Å². The Morgan fingerprint density at radius 2 is 0.778 bits per heavy atom. The average molecular weight is 477 g/mol. The van der Waals surface area contributed by atoms with Crippen molar-refractivity contribution < 1.29 is 0 Å². The van der Waals surface area contributed by atoms with Gasteiger partial charge in [-0.2, -0.15) is 0 Å². The molecule has 5 aromatic carbocycles. The molecule has 2 aliphatic heterocycles. The van der Waals surface area contributed by atoms with Crippen LogP contribution >= 0.6 is 0 Å². The molecule has 2 heterocycles. The van der Waals surface area contributed by atoms with Gasteiger partial charge in [-0.3, -0.25) is 9.80 Å². The summed E-state index contributed by atoms with van der Waals surface area (Å²) in [5.41, 5.74) is 5.95. The number of hydrogen-bond donors (Lipinski definition) is 0. The molecule has 36 heavy (non-hydrogen) atoms. The third kappa shape index (κ3) is 3.43. The molecule has 0 atom stereocenters. The van der Waals surface area contributed by atoms with Crippen LogP contribution in [0.2, 0.25) is 0 Å². The van der Waals surface area contributed by atoms with E-state index >= 15 is 0 Å². The first-order valence-electron chi connectivity index (χ1n) is 13.4. The number of benzene rings is 5. The van der Waals surface area contributed by atoms with E-state index in [0.717, 1.165) is 52.4 Å².